The average Bonchev–Trinajstić information content (AvgIpc) is 2.78. The Hall–Kier alpha value is -2.55. The van der Waals surface area contributed by atoms with E-state index in [-0.39, 0.29) is 5.76 Å². The molecule has 1 N–H and O–H groups in total. The number of fused-ring (bicyclic) bond motifs is 1. The van der Waals surface area contributed by atoms with E-state index in [0.717, 1.165) is 16.5 Å². The van der Waals surface area contributed by atoms with Gasteiger partial charge >= 0.3 is 5.97 Å². The average molecular weight is 252 g/mol. The monoisotopic (exact) mass is 252 g/mol. The second kappa shape index (κ2) is 4.28. The molecule has 0 aliphatic rings. The van der Waals surface area contributed by atoms with Crippen LogP contribution in [-0.4, -0.2) is 11.1 Å². The van der Waals surface area contributed by atoms with E-state index >= 15 is 0 Å². The summed E-state index contributed by atoms with van der Waals surface area (Å²) >= 11 is 0. The van der Waals surface area contributed by atoms with Crippen LogP contribution in [0.5, 0.6) is 0 Å². The van der Waals surface area contributed by atoms with Crippen molar-refractivity contribution in [2.45, 2.75) is 6.92 Å². The van der Waals surface area contributed by atoms with Crippen molar-refractivity contribution in [2.75, 3.05) is 0 Å². The molecule has 1 heterocycles. The Balaban J connectivity index is 2.38. The van der Waals surface area contributed by atoms with Gasteiger partial charge in [0.2, 0.25) is 5.76 Å². The van der Waals surface area contributed by atoms with Crippen LogP contribution in [0.1, 0.15) is 16.1 Å². The second-order valence-corrected chi connectivity index (χ2v) is 4.48. The standard InChI is InChI=1S/C16H12O3/c1-10-5-4-6-11(9-10)14-12-7-2-3-8-13(12)19-15(14)16(17)18/h2-9H,1H3,(H,17,18). The van der Waals surface area contributed by atoms with Crippen LogP contribution in [0.25, 0.3) is 22.1 Å². The Morgan fingerprint density at radius 2 is 1.89 bits per heavy atom. The number of carboxylic acid groups (broad SMARTS) is 1. The summed E-state index contributed by atoms with van der Waals surface area (Å²) in [6.45, 7) is 1.98. The number of rotatable bonds is 2. The van der Waals surface area contributed by atoms with Crippen molar-refractivity contribution in [3.05, 3.63) is 59.9 Å². The van der Waals surface area contributed by atoms with Gasteiger partial charge in [-0.25, -0.2) is 4.79 Å². The van der Waals surface area contributed by atoms with Gasteiger partial charge in [-0.05, 0) is 18.6 Å². The van der Waals surface area contributed by atoms with Crippen LogP contribution in [0, 0.1) is 6.92 Å². The van der Waals surface area contributed by atoms with Crippen LogP contribution >= 0.6 is 0 Å². The van der Waals surface area contributed by atoms with Gasteiger partial charge in [0.05, 0.1) is 0 Å². The Morgan fingerprint density at radius 1 is 1.11 bits per heavy atom. The minimum Gasteiger partial charge on any atom is -0.475 e. The summed E-state index contributed by atoms with van der Waals surface area (Å²) in [6, 6.07) is 15.1. The molecule has 19 heavy (non-hydrogen) atoms. The van der Waals surface area contributed by atoms with Gasteiger partial charge in [-0.3, -0.25) is 0 Å². The van der Waals surface area contributed by atoms with E-state index < -0.39 is 5.97 Å². The van der Waals surface area contributed by atoms with Crippen molar-refractivity contribution in [3.63, 3.8) is 0 Å². The molecule has 0 bridgehead atoms. The summed E-state index contributed by atoms with van der Waals surface area (Å²) in [5.74, 6) is -1.06. The maximum atomic E-state index is 11.4. The molecule has 0 saturated heterocycles. The maximum Gasteiger partial charge on any atom is 0.372 e. The van der Waals surface area contributed by atoms with Crippen molar-refractivity contribution in [1.29, 1.82) is 0 Å². The second-order valence-electron chi connectivity index (χ2n) is 4.48. The van der Waals surface area contributed by atoms with E-state index in [0.29, 0.717) is 11.1 Å². The SMILES string of the molecule is Cc1cccc(-c2c(C(=O)O)oc3ccccc23)c1. The molecule has 0 saturated carbocycles. The number of para-hydroxylation sites is 1. The lowest BCUT2D eigenvalue weighted by molar-refractivity contribution is 0.0666. The van der Waals surface area contributed by atoms with E-state index in [1.165, 1.54) is 0 Å². The molecule has 3 nitrogen and oxygen atoms in total. The van der Waals surface area contributed by atoms with Gasteiger partial charge in [0.25, 0.3) is 0 Å². The summed E-state index contributed by atoms with van der Waals surface area (Å²) in [6.07, 6.45) is 0. The minimum atomic E-state index is -1.05. The molecule has 0 radical (unpaired) electrons. The zero-order valence-corrected chi connectivity index (χ0v) is 10.4. The van der Waals surface area contributed by atoms with Crippen LogP contribution in [0.2, 0.25) is 0 Å². The lowest BCUT2D eigenvalue weighted by Gasteiger charge is -2.02. The fourth-order valence-corrected chi connectivity index (χ4v) is 2.28. The number of carboxylic acids is 1. The highest BCUT2D eigenvalue weighted by atomic mass is 16.4. The molecule has 2 aromatic carbocycles. The highest BCUT2D eigenvalue weighted by molar-refractivity contribution is 6.05. The fourth-order valence-electron chi connectivity index (χ4n) is 2.28. The first-order chi connectivity index (χ1) is 9.16. The summed E-state index contributed by atoms with van der Waals surface area (Å²) in [7, 11) is 0. The highest BCUT2D eigenvalue weighted by Gasteiger charge is 2.20. The smallest absolute Gasteiger partial charge is 0.372 e. The quantitative estimate of drug-likeness (QED) is 0.746. The van der Waals surface area contributed by atoms with Crippen LogP contribution in [-0.2, 0) is 0 Å². The fraction of sp³-hybridized carbons (Fsp3) is 0.0625. The van der Waals surface area contributed by atoms with E-state index in [2.05, 4.69) is 0 Å². The molecule has 0 amide bonds. The zero-order chi connectivity index (χ0) is 13.4. The van der Waals surface area contributed by atoms with E-state index in [1.54, 1.807) is 6.07 Å². The number of benzene rings is 2. The number of furan rings is 1. The molecule has 1 aromatic heterocycles. The van der Waals surface area contributed by atoms with Crippen molar-refractivity contribution < 1.29 is 14.3 Å². The van der Waals surface area contributed by atoms with Crippen molar-refractivity contribution in [2.24, 2.45) is 0 Å². The molecule has 3 heteroatoms. The van der Waals surface area contributed by atoms with Crippen LogP contribution in [0.4, 0.5) is 0 Å². The molecule has 0 spiro atoms. The molecule has 3 rings (SSSR count). The molecular weight excluding hydrogens is 240 g/mol. The van der Waals surface area contributed by atoms with Crippen molar-refractivity contribution in [3.8, 4) is 11.1 Å². The molecule has 0 unspecified atom stereocenters. The Morgan fingerprint density at radius 3 is 2.63 bits per heavy atom. The predicted molar refractivity (Wildman–Crippen MR) is 73.3 cm³/mol. The third-order valence-electron chi connectivity index (χ3n) is 3.10. The number of hydrogen-bond donors (Lipinski definition) is 1. The molecule has 0 aliphatic heterocycles. The molecule has 3 aromatic rings. The number of aromatic carboxylic acids is 1. The van der Waals surface area contributed by atoms with Crippen LogP contribution in [0.15, 0.2) is 52.9 Å². The Kier molecular flexibility index (Phi) is 2.60. The van der Waals surface area contributed by atoms with E-state index in [9.17, 15) is 9.90 Å². The van der Waals surface area contributed by atoms with Gasteiger partial charge in [-0.2, -0.15) is 0 Å². The summed E-state index contributed by atoms with van der Waals surface area (Å²) < 4.78 is 5.46. The van der Waals surface area contributed by atoms with Gasteiger partial charge in [-0.1, -0.05) is 48.0 Å². The molecule has 0 aliphatic carbocycles. The van der Waals surface area contributed by atoms with Gasteiger partial charge in [-0.15, -0.1) is 0 Å². The molecule has 94 valence electrons. The highest BCUT2D eigenvalue weighted by Crippen LogP contribution is 2.35. The zero-order valence-electron chi connectivity index (χ0n) is 10.4. The summed E-state index contributed by atoms with van der Waals surface area (Å²) in [5, 5.41) is 10.1. The van der Waals surface area contributed by atoms with E-state index in [4.69, 9.17) is 4.42 Å². The summed E-state index contributed by atoms with van der Waals surface area (Å²) in [5.41, 5.74) is 3.18. The Bertz CT molecular complexity index is 769. The van der Waals surface area contributed by atoms with Crippen LogP contribution in [0.3, 0.4) is 0 Å². The summed E-state index contributed by atoms with van der Waals surface area (Å²) in [4.78, 5) is 11.4. The number of carbonyl (C=O) groups is 1. The van der Waals surface area contributed by atoms with E-state index in [1.807, 2.05) is 49.4 Å². The maximum absolute atomic E-state index is 11.4. The van der Waals surface area contributed by atoms with Gasteiger partial charge in [0.1, 0.15) is 5.58 Å². The van der Waals surface area contributed by atoms with Gasteiger partial charge < -0.3 is 9.52 Å². The topological polar surface area (TPSA) is 50.4 Å². The molecule has 0 atom stereocenters. The molecule has 0 fully saturated rings. The van der Waals surface area contributed by atoms with Gasteiger partial charge in [0.15, 0.2) is 0 Å². The van der Waals surface area contributed by atoms with Crippen molar-refractivity contribution >= 4 is 16.9 Å². The number of aryl methyl sites for hydroxylation is 1. The first kappa shape index (κ1) is 11.5. The van der Waals surface area contributed by atoms with Crippen LogP contribution < -0.4 is 0 Å². The van der Waals surface area contributed by atoms with Crippen molar-refractivity contribution in [1.82, 2.24) is 0 Å². The number of hydrogen-bond acceptors (Lipinski definition) is 2. The normalized spacial score (nSPS) is 10.8. The lowest BCUT2D eigenvalue weighted by Crippen LogP contribution is -1.96. The minimum absolute atomic E-state index is 0.00759. The molecular formula is C16H12O3. The first-order valence-corrected chi connectivity index (χ1v) is 5.98. The largest absolute Gasteiger partial charge is 0.475 e. The van der Waals surface area contributed by atoms with Gasteiger partial charge in [0, 0.05) is 10.9 Å². The lowest BCUT2D eigenvalue weighted by atomic mass is 10.0. The first-order valence-electron chi connectivity index (χ1n) is 5.98. The Labute approximate surface area is 110 Å². The third-order valence-corrected chi connectivity index (χ3v) is 3.10. The predicted octanol–water partition coefficient (Wildman–Crippen LogP) is 4.11. The third kappa shape index (κ3) is 1.89.